The minimum Gasteiger partial charge on any atom is -0.550 e. The van der Waals surface area contributed by atoms with Crippen molar-refractivity contribution in [2.24, 2.45) is 0 Å². The average molecular weight is 275 g/mol. The van der Waals surface area contributed by atoms with Gasteiger partial charge in [-0.3, -0.25) is 0 Å². The summed E-state index contributed by atoms with van der Waals surface area (Å²) >= 11 is 0. The molecule has 0 aromatic heterocycles. The van der Waals surface area contributed by atoms with Crippen molar-refractivity contribution in [2.45, 2.75) is 19.4 Å². The molecule has 0 spiro atoms. The van der Waals surface area contributed by atoms with E-state index in [1.807, 2.05) is 18.2 Å². The van der Waals surface area contributed by atoms with Crippen LogP contribution in [0.2, 0.25) is 0 Å². The molecule has 0 heterocycles. The molecule has 3 N–H and O–H groups in total. The highest BCUT2D eigenvalue weighted by Gasteiger charge is 1.97. The fourth-order valence-electron chi connectivity index (χ4n) is 1.60. The lowest BCUT2D eigenvalue weighted by atomic mass is 10.1. The van der Waals surface area contributed by atoms with E-state index in [9.17, 15) is 14.3 Å². The summed E-state index contributed by atoms with van der Waals surface area (Å²) in [5.41, 5.74) is 5.63. The highest BCUT2D eigenvalue weighted by Crippen LogP contribution is 2.04. The first-order chi connectivity index (χ1) is 9.49. The average Bonchev–Trinajstić information content (AvgIpc) is 2.39. The maximum absolute atomic E-state index is 12.4. The molecular weight excluding hydrogens is 257 g/mol. The summed E-state index contributed by atoms with van der Waals surface area (Å²) in [6.07, 6.45) is -0.238. The van der Waals surface area contributed by atoms with Crippen LogP contribution in [0.25, 0.3) is 0 Å². The molecule has 2 rings (SSSR count). The molecule has 0 aliphatic heterocycles. The Hall–Kier alpha value is -2.20. The number of hydrogen-bond acceptors (Lipinski definition) is 2. The Morgan fingerprint density at radius 1 is 1.20 bits per heavy atom. The maximum Gasteiger partial charge on any atom is 0.123 e. The lowest BCUT2D eigenvalue weighted by Gasteiger charge is -2.00. The number of aliphatic carboxylic acids is 1. The van der Waals surface area contributed by atoms with Crippen LogP contribution in [0.15, 0.2) is 54.6 Å². The molecule has 0 saturated carbocycles. The number of hydrogen-bond donors (Lipinski definition) is 1. The fraction of sp³-hybridized carbons (Fsp3) is 0.188. The zero-order valence-electron chi connectivity index (χ0n) is 11.4. The molecule has 0 bridgehead atoms. The van der Waals surface area contributed by atoms with Crippen LogP contribution in [0, 0.1) is 5.82 Å². The summed E-state index contributed by atoms with van der Waals surface area (Å²) in [5.74, 6) is -1.63. The summed E-state index contributed by atoms with van der Waals surface area (Å²) in [6.45, 7) is 2.09. The Balaban J connectivity index is 0.000000204. The Labute approximate surface area is 117 Å². The van der Waals surface area contributed by atoms with Crippen molar-refractivity contribution in [2.75, 3.05) is 0 Å². The molecule has 0 aliphatic carbocycles. The number of carbonyl (C=O) groups excluding carboxylic acids is 1. The van der Waals surface area contributed by atoms with Crippen molar-refractivity contribution < 1.29 is 20.0 Å². The van der Waals surface area contributed by atoms with Crippen LogP contribution in [-0.4, -0.2) is 5.97 Å². The van der Waals surface area contributed by atoms with Crippen LogP contribution in [0.1, 0.15) is 24.1 Å². The molecule has 1 atom stereocenters. The summed E-state index contributed by atoms with van der Waals surface area (Å²) in [4.78, 5) is 10.0. The van der Waals surface area contributed by atoms with E-state index in [2.05, 4.69) is 24.8 Å². The monoisotopic (exact) mass is 275 g/mol. The Kier molecular flexibility index (Phi) is 6.40. The van der Waals surface area contributed by atoms with E-state index in [4.69, 9.17) is 0 Å². The predicted molar refractivity (Wildman–Crippen MR) is 72.9 cm³/mol. The third-order valence-electron chi connectivity index (χ3n) is 2.61. The van der Waals surface area contributed by atoms with Gasteiger partial charge >= 0.3 is 0 Å². The van der Waals surface area contributed by atoms with Gasteiger partial charge in [0.25, 0.3) is 0 Å². The highest BCUT2D eigenvalue weighted by atomic mass is 19.1. The largest absolute Gasteiger partial charge is 0.550 e. The standard InChI is InChI=1S/C8H7FO2.C8H11N/c9-7-3-1-2-6(4-7)5-8(10)11;1-7(9)8-5-3-2-4-6-8/h1-4H,5H2,(H,10,11);2-7H,9H2,1H3/t;7-/m.0/s1. The van der Waals surface area contributed by atoms with Crippen molar-refractivity contribution in [3.63, 3.8) is 0 Å². The smallest absolute Gasteiger partial charge is 0.123 e. The molecule has 0 fully saturated rings. The van der Waals surface area contributed by atoms with Gasteiger partial charge in [-0.2, -0.15) is 0 Å². The molecule has 20 heavy (non-hydrogen) atoms. The van der Waals surface area contributed by atoms with Crippen LogP contribution in [0.4, 0.5) is 4.39 Å². The topological polar surface area (TPSA) is 67.8 Å². The van der Waals surface area contributed by atoms with E-state index >= 15 is 0 Å². The van der Waals surface area contributed by atoms with Gasteiger partial charge in [0.1, 0.15) is 11.9 Å². The van der Waals surface area contributed by atoms with Gasteiger partial charge in [0, 0.05) is 18.0 Å². The van der Waals surface area contributed by atoms with E-state index in [0.717, 1.165) is 0 Å². The lowest BCUT2D eigenvalue weighted by Crippen LogP contribution is -2.51. The third kappa shape index (κ3) is 6.11. The molecule has 0 radical (unpaired) electrons. The number of carbonyl (C=O) groups is 1. The first-order valence-corrected chi connectivity index (χ1v) is 6.31. The van der Waals surface area contributed by atoms with E-state index < -0.39 is 11.8 Å². The van der Waals surface area contributed by atoms with Gasteiger partial charge in [-0.15, -0.1) is 0 Å². The Morgan fingerprint density at radius 3 is 2.30 bits per heavy atom. The number of carboxylic acids is 1. The van der Waals surface area contributed by atoms with Crippen LogP contribution >= 0.6 is 0 Å². The SMILES string of the molecule is C[C@H]([NH3+])c1ccccc1.O=C([O-])Cc1cccc(F)c1. The highest BCUT2D eigenvalue weighted by molar-refractivity contribution is 5.67. The lowest BCUT2D eigenvalue weighted by molar-refractivity contribution is -0.420. The summed E-state index contributed by atoms with van der Waals surface area (Å²) in [7, 11) is 0. The van der Waals surface area contributed by atoms with Gasteiger partial charge in [0.05, 0.1) is 0 Å². The normalized spacial score (nSPS) is 11.2. The summed E-state index contributed by atoms with van der Waals surface area (Å²) in [6, 6.07) is 16.1. The van der Waals surface area contributed by atoms with Crippen LogP contribution < -0.4 is 10.8 Å². The van der Waals surface area contributed by atoms with Crippen molar-refractivity contribution in [1.29, 1.82) is 0 Å². The second kappa shape index (κ2) is 8.07. The van der Waals surface area contributed by atoms with Gasteiger partial charge < -0.3 is 15.6 Å². The van der Waals surface area contributed by atoms with E-state index in [-0.39, 0.29) is 6.42 Å². The number of carboxylic acid groups (broad SMARTS) is 1. The molecule has 0 aliphatic rings. The molecular formula is C16H18FNO2. The number of benzene rings is 2. The van der Waals surface area contributed by atoms with Crippen LogP contribution in [0.3, 0.4) is 0 Å². The predicted octanol–water partition coefficient (Wildman–Crippen LogP) is 1.11. The molecule has 0 amide bonds. The van der Waals surface area contributed by atoms with E-state index in [1.165, 1.54) is 23.8 Å². The summed E-state index contributed by atoms with van der Waals surface area (Å²) in [5, 5.41) is 10.0. The molecule has 2 aromatic carbocycles. The van der Waals surface area contributed by atoms with Crippen LogP contribution in [-0.2, 0) is 11.2 Å². The van der Waals surface area contributed by atoms with Gasteiger partial charge in [0.2, 0.25) is 0 Å². The zero-order chi connectivity index (χ0) is 15.0. The minimum atomic E-state index is -1.20. The Morgan fingerprint density at radius 2 is 1.85 bits per heavy atom. The van der Waals surface area contributed by atoms with Gasteiger partial charge in [-0.05, 0) is 24.6 Å². The Bertz CT molecular complexity index is 541. The molecule has 3 nitrogen and oxygen atoms in total. The third-order valence-corrected chi connectivity index (χ3v) is 2.61. The van der Waals surface area contributed by atoms with Crippen molar-refractivity contribution in [1.82, 2.24) is 0 Å². The maximum atomic E-state index is 12.4. The first kappa shape index (κ1) is 15.9. The number of halogens is 1. The quantitative estimate of drug-likeness (QED) is 0.911. The van der Waals surface area contributed by atoms with Crippen molar-refractivity contribution >= 4 is 5.97 Å². The van der Waals surface area contributed by atoms with E-state index in [0.29, 0.717) is 11.6 Å². The first-order valence-electron chi connectivity index (χ1n) is 6.31. The minimum absolute atomic E-state index is 0.238. The van der Waals surface area contributed by atoms with Crippen molar-refractivity contribution in [3.05, 3.63) is 71.5 Å². The molecule has 106 valence electrons. The fourth-order valence-corrected chi connectivity index (χ4v) is 1.60. The number of quaternary nitrogens is 1. The molecule has 0 saturated heterocycles. The van der Waals surface area contributed by atoms with Gasteiger partial charge in [0.15, 0.2) is 0 Å². The second-order valence-corrected chi connectivity index (χ2v) is 4.49. The van der Waals surface area contributed by atoms with Crippen molar-refractivity contribution in [3.8, 4) is 0 Å². The van der Waals surface area contributed by atoms with E-state index in [1.54, 1.807) is 6.07 Å². The second-order valence-electron chi connectivity index (χ2n) is 4.49. The summed E-state index contributed by atoms with van der Waals surface area (Å²) < 4.78 is 12.4. The molecule has 0 unspecified atom stereocenters. The molecule has 4 heteroatoms. The van der Waals surface area contributed by atoms with Gasteiger partial charge in [-0.25, -0.2) is 4.39 Å². The molecule has 2 aromatic rings. The number of rotatable bonds is 3. The van der Waals surface area contributed by atoms with Gasteiger partial charge in [-0.1, -0.05) is 42.5 Å². The zero-order valence-corrected chi connectivity index (χ0v) is 11.4. The van der Waals surface area contributed by atoms with Crippen LogP contribution in [0.5, 0.6) is 0 Å².